The minimum absolute atomic E-state index is 0.397. The minimum Gasteiger partial charge on any atom is -0.497 e. The fourth-order valence-corrected chi connectivity index (χ4v) is 2.14. The molecule has 0 radical (unpaired) electrons. The van der Waals surface area contributed by atoms with Gasteiger partial charge in [-0.25, -0.2) is 4.98 Å². The van der Waals surface area contributed by atoms with Crippen molar-refractivity contribution in [3.8, 4) is 22.8 Å². The van der Waals surface area contributed by atoms with Crippen LogP contribution >= 0.6 is 0 Å². The Hall–Kier alpha value is -2.30. The smallest absolute Gasteiger partial charge is 0.170 e. The quantitative estimate of drug-likeness (QED) is 0.791. The molecule has 0 saturated carbocycles. The van der Waals surface area contributed by atoms with Gasteiger partial charge >= 0.3 is 0 Å². The van der Waals surface area contributed by atoms with E-state index >= 15 is 0 Å². The van der Waals surface area contributed by atoms with Crippen LogP contribution in [0, 0.1) is 6.92 Å². The van der Waals surface area contributed by atoms with Crippen LogP contribution in [-0.4, -0.2) is 30.1 Å². The van der Waals surface area contributed by atoms with E-state index in [1.807, 2.05) is 20.0 Å². The summed E-state index contributed by atoms with van der Waals surface area (Å²) in [6, 6.07) is 3.70. The molecule has 2 aromatic rings. The fraction of sp³-hybridized carbons (Fsp3) is 0.286. The third-order valence-corrected chi connectivity index (χ3v) is 3.04. The van der Waals surface area contributed by atoms with Crippen molar-refractivity contribution >= 4 is 6.29 Å². The molecule has 0 aliphatic rings. The molecule has 0 amide bonds. The maximum Gasteiger partial charge on any atom is 0.170 e. The Kier molecular flexibility index (Phi) is 3.55. The number of carbonyl (C=O) groups is 1. The number of aryl methyl sites for hydroxylation is 2. The first-order valence-corrected chi connectivity index (χ1v) is 5.81. The van der Waals surface area contributed by atoms with Gasteiger partial charge in [0.1, 0.15) is 17.2 Å². The zero-order valence-corrected chi connectivity index (χ0v) is 11.4. The van der Waals surface area contributed by atoms with Crippen LogP contribution in [-0.2, 0) is 7.05 Å². The lowest BCUT2D eigenvalue weighted by atomic mass is 10.0. The standard InChI is InChI=1S/C14H16N2O3/c1-9-5-10(18-3)6-12(19-4)13(9)14-11(7-17)15-8-16(14)2/h5-8H,1-4H3. The molecule has 5 heteroatoms. The first-order valence-electron chi connectivity index (χ1n) is 5.81. The summed E-state index contributed by atoms with van der Waals surface area (Å²) in [5.74, 6) is 1.37. The summed E-state index contributed by atoms with van der Waals surface area (Å²) in [4.78, 5) is 15.2. The number of rotatable bonds is 4. The van der Waals surface area contributed by atoms with E-state index in [2.05, 4.69) is 4.98 Å². The number of aromatic nitrogens is 2. The van der Waals surface area contributed by atoms with E-state index in [0.717, 1.165) is 23.1 Å². The monoisotopic (exact) mass is 260 g/mol. The molecule has 0 unspecified atom stereocenters. The Bertz CT molecular complexity index is 617. The molecule has 0 spiro atoms. The Morgan fingerprint density at radius 1 is 1.26 bits per heavy atom. The normalized spacial score (nSPS) is 10.3. The van der Waals surface area contributed by atoms with Gasteiger partial charge < -0.3 is 14.0 Å². The van der Waals surface area contributed by atoms with E-state index < -0.39 is 0 Å². The molecule has 0 fully saturated rings. The molecule has 2 rings (SSSR count). The zero-order chi connectivity index (χ0) is 14.0. The highest BCUT2D eigenvalue weighted by Gasteiger charge is 2.18. The van der Waals surface area contributed by atoms with E-state index in [9.17, 15) is 4.79 Å². The third kappa shape index (κ3) is 2.19. The van der Waals surface area contributed by atoms with Gasteiger partial charge in [0.15, 0.2) is 6.29 Å². The molecule has 0 saturated heterocycles. The maximum atomic E-state index is 11.1. The van der Waals surface area contributed by atoms with E-state index in [-0.39, 0.29) is 0 Å². The first kappa shape index (κ1) is 13.1. The average molecular weight is 260 g/mol. The third-order valence-electron chi connectivity index (χ3n) is 3.04. The van der Waals surface area contributed by atoms with Crippen LogP contribution in [0.1, 0.15) is 16.1 Å². The number of carbonyl (C=O) groups excluding carboxylic acids is 1. The van der Waals surface area contributed by atoms with Crippen LogP contribution in [0.4, 0.5) is 0 Å². The summed E-state index contributed by atoms with van der Waals surface area (Å²) in [6.07, 6.45) is 2.36. The fourth-order valence-electron chi connectivity index (χ4n) is 2.14. The predicted molar refractivity (Wildman–Crippen MR) is 71.9 cm³/mol. The van der Waals surface area contributed by atoms with Gasteiger partial charge in [0.2, 0.25) is 0 Å². The highest BCUT2D eigenvalue weighted by Crippen LogP contribution is 2.37. The summed E-state index contributed by atoms with van der Waals surface area (Å²) in [5, 5.41) is 0. The van der Waals surface area contributed by atoms with Crippen molar-refractivity contribution in [2.45, 2.75) is 6.92 Å². The van der Waals surface area contributed by atoms with Crippen molar-refractivity contribution in [1.82, 2.24) is 9.55 Å². The number of benzene rings is 1. The van der Waals surface area contributed by atoms with Gasteiger partial charge in [0, 0.05) is 18.7 Å². The van der Waals surface area contributed by atoms with Crippen molar-refractivity contribution in [3.63, 3.8) is 0 Å². The second-order valence-electron chi connectivity index (χ2n) is 4.23. The van der Waals surface area contributed by atoms with Gasteiger partial charge in [0.05, 0.1) is 26.2 Å². The molecule has 1 heterocycles. The molecule has 1 aromatic heterocycles. The van der Waals surface area contributed by atoms with Crippen molar-refractivity contribution in [2.24, 2.45) is 7.05 Å². The van der Waals surface area contributed by atoms with Gasteiger partial charge in [-0.1, -0.05) is 0 Å². The van der Waals surface area contributed by atoms with Gasteiger partial charge in [-0.15, -0.1) is 0 Å². The molecule has 1 aromatic carbocycles. The van der Waals surface area contributed by atoms with Crippen molar-refractivity contribution in [3.05, 3.63) is 29.7 Å². The molecule has 19 heavy (non-hydrogen) atoms. The Morgan fingerprint density at radius 3 is 2.58 bits per heavy atom. The van der Waals surface area contributed by atoms with Crippen molar-refractivity contribution < 1.29 is 14.3 Å². The van der Waals surface area contributed by atoms with Crippen LogP contribution in [0.25, 0.3) is 11.3 Å². The number of methoxy groups -OCH3 is 2. The largest absolute Gasteiger partial charge is 0.497 e. The molecule has 0 atom stereocenters. The average Bonchev–Trinajstić information content (AvgIpc) is 2.78. The Morgan fingerprint density at radius 2 is 2.00 bits per heavy atom. The van der Waals surface area contributed by atoms with Gasteiger partial charge in [0.25, 0.3) is 0 Å². The molecule has 0 N–H and O–H groups in total. The number of hydrogen-bond donors (Lipinski definition) is 0. The summed E-state index contributed by atoms with van der Waals surface area (Å²) in [5.41, 5.74) is 2.95. The van der Waals surface area contributed by atoms with Gasteiger partial charge in [-0.2, -0.15) is 0 Å². The van der Waals surface area contributed by atoms with Crippen LogP contribution in [0.2, 0.25) is 0 Å². The summed E-state index contributed by atoms with van der Waals surface area (Å²) in [6.45, 7) is 1.95. The lowest BCUT2D eigenvalue weighted by molar-refractivity contribution is 0.112. The van der Waals surface area contributed by atoms with Crippen molar-refractivity contribution in [1.29, 1.82) is 0 Å². The summed E-state index contributed by atoms with van der Waals surface area (Å²) < 4.78 is 12.4. The molecule has 5 nitrogen and oxygen atoms in total. The molecule has 0 aliphatic carbocycles. The number of imidazole rings is 1. The van der Waals surface area contributed by atoms with Crippen LogP contribution in [0.3, 0.4) is 0 Å². The number of hydrogen-bond acceptors (Lipinski definition) is 4. The molecular weight excluding hydrogens is 244 g/mol. The first-order chi connectivity index (χ1) is 9.12. The predicted octanol–water partition coefficient (Wildman–Crippen LogP) is 2.23. The molecule has 0 bridgehead atoms. The highest BCUT2D eigenvalue weighted by molar-refractivity contribution is 5.87. The number of aldehydes is 1. The second-order valence-corrected chi connectivity index (χ2v) is 4.23. The highest BCUT2D eigenvalue weighted by atomic mass is 16.5. The zero-order valence-electron chi connectivity index (χ0n) is 11.4. The second kappa shape index (κ2) is 5.14. The van der Waals surface area contributed by atoms with Crippen LogP contribution < -0.4 is 9.47 Å². The SMILES string of the molecule is COc1cc(C)c(-c2c(C=O)ncn2C)c(OC)c1. The number of ether oxygens (including phenoxy) is 2. The van der Waals surface area contributed by atoms with E-state index in [0.29, 0.717) is 17.2 Å². The molecular formula is C14H16N2O3. The van der Waals surface area contributed by atoms with E-state index in [1.54, 1.807) is 31.2 Å². The molecule has 0 aliphatic heterocycles. The summed E-state index contributed by atoms with van der Waals surface area (Å²) >= 11 is 0. The topological polar surface area (TPSA) is 53.3 Å². The van der Waals surface area contributed by atoms with Crippen molar-refractivity contribution in [2.75, 3.05) is 14.2 Å². The van der Waals surface area contributed by atoms with Crippen LogP contribution in [0.15, 0.2) is 18.5 Å². The Labute approximate surface area is 111 Å². The maximum absolute atomic E-state index is 11.1. The van der Waals surface area contributed by atoms with Gasteiger partial charge in [-0.05, 0) is 18.6 Å². The number of nitrogens with zero attached hydrogens (tertiary/aromatic N) is 2. The molecule has 100 valence electrons. The Balaban J connectivity index is 2.74. The summed E-state index contributed by atoms with van der Waals surface area (Å²) in [7, 11) is 5.04. The van der Waals surface area contributed by atoms with Crippen LogP contribution in [0.5, 0.6) is 11.5 Å². The lowest BCUT2D eigenvalue weighted by Crippen LogP contribution is -1.99. The minimum atomic E-state index is 0.397. The van der Waals surface area contributed by atoms with E-state index in [1.165, 1.54) is 0 Å². The van der Waals surface area contributed by atoms with Gasteiger partial charge in [-0.3, -0.25) is 4.79 Å². The lowest BCUT2D eigenvalue weighted by Gasteiger charge is -2.14. The van der Waals surface area contributed by atoms with E-state index in [4.69, 9.17) is 9.47 Å².